The van der Waals surface area contributed by atoms with Crippen molar-refractivity contribution in [2.24, 2.45) is 0 Å². The fourth-order valence-electron chi connectivity index (χ4n) is 3.30. The highest BCUT2D eigenvalue weighted by atomic mass is 16.5. The van der Waals surface area contributed by atoms with E-state index in [1.807, 2.05) is 12.1 Å². The van der Waals surface area contributed by atoms with Crippen LogP contribution in [0.25, 0.3) is 0 Å². The van der Waals surface area contributed by atoms with Crippen molar-refractivity contribution < 1.29 is 14.3 Å². The number of hydrogen-bond donors (Lipinski definition) is 2. The molecule has 2 aromatic rings. The number of fused-ring (bicyclic) bond motifs is 1. The largest absolute Gasteiger partial charge is 0.497 e. The van der Waals surface area contributed by atoms with Crippen LogP contribution in [0.1, 0.15) is 34.8 Å². The van der Waals surface area contributed by atoms with Crippen LogP contribution in [-0.4, -0.2) is 36.9 Å². The fourth-order valence-corrected chi connectivity index (χ4v) is 3.30. The molecule has 1 heterocycles. The second kappa shape index (κ2) is 8.68. The number of carbonyl (C=O) groups is 2. The summed E-state index contributed by atoms with van der Waals surface area (Å²) in [5, 5.41) is 5.58. The maximum atomic E-state index is 12.3. The number of anilines is 1. The molecule has 142 valence electrons. The Bertz CT molecular complexity index is 835. The summed E-state index contributed by atoms with van der Waals surface area (Å²) >= 11 is 0. The van der Waals surface area contributed by atoms with Crippen LogP contribution in [0.2, 0.25) is 0 Å². The Hall–Kier alpha value is -2.86. The van der Waals surface area contributed by atoms with Gasteiger partial charge in [0.25, 0.3) is 5.91 Å². The lowest BCUT2D eigenvalue weighted by atomic mass is 10.1. The molecule has 6 heteroatoms. The van der Waals surface area contributed by atoms with Crippen LogP contribution in [0, 0.1) is 0 Å². The number of nitrogens with one attached hydrogen (secondary N) is 2. The average Bonchev–Trinajstić information content (AvgIpc) is 3.10. The van der Waals surface area contributed by atoms with Gasteiger partial charge in [0.2, 0.25) is 5.91 Å². The first-order chi connectivity index (χ1) is 13.1. The Morgan fingerprint density at radius 2 is 1.96 bits per heavy atom. The number of rotatable bonds is 7. The van der Waals surface area contributed by atoms with E-state index in [1.54, 1.807) is 31.4 Å². The van der Waals surface area contributed by atoms with Crippen LogP contribution in [-0.2, 0) is 17.9 Å². The van der Waals surface area contributed by atoms with Gasteiger partial charge in [0, 0.05) is 24.3 Å². The van der Waals surface area contributed by atoms with Crippen molar-refractivity contribution in [3.8, 4) is 5.75 Å². The molecular formula is C21H25N3O3. The second-order valence-electron chi connectivity index (χ2n) is 6.62. The predicted molar refractivity (Wildman–Crippen MR) is 105 cm³/mol. The zero-order chi connectivity index (χ0) is 19.2. The Balaban J connectivity index is 1.58. The van der Waals surface area contributed by atoms with Crippen molar-refractivity contribution in [1.82, 2.24) is 10.2 Å². The van der Waals surface area contributed by atoms with Crippen LogP contribution in [0.15, 0.2) is 42.5 Å². The highest BCUT2D eigenvalue weighted by Gasteiger charge is 2.21. The molecular weight excluding hydrogens is 342 g/mol. The van der Waals surface area contributed by atoms with Crippen LogP contribution in [0.5, 0.6) is 5.75 Å². The number of methoxy groups -OCH3 is 1. The summed E-state index contributed by atoms with van der Waals surface area (Å²) in [6.07, 6.45) is 1.10. The van der Waals surface area contributed by atoms with Crippen molar-refractivity contribution in [3.05, 3.63) is 59.2 Å². The van der Waals surface area contributed by atoms with Crippen molar-refractivity contribution in [1.29, 1.82) is 0 Å². The zero-order valence-electron chi connectivity index (χ0n) is 15.7. The molecule has 0 radical (unpaired) electrons. The zero-order valence-corrected chi connectivity index (χ0v) is 15.7. The third-order valence-electron chi connectivity index (χ3n) is 4.60. The van der Waals surface area contributed by atoms with Gasteiger partial charge in [0.05, 0.1) is 13.7 Å². The predicted octanol–water partition coefficient (Wildman–Crippen LogP) is 2.79. The van der Waals surface area contributed by atoms with E-state index in [2.05, 4.69) is 28.5 Å². The van der Waals surface area contributed by atoms with Crippen LogP contribution >= 0.6 is 0 Å². The lowest BCUT2D eigenvalue weighted by Crippen LogP contribution is -2.33. The summed E-state index contributed by atoms with van der Waals surface area (Å²) in [6.45, 7) is 4.88. The molecule has 0 saturated heterocycles. The fraction of sp³-hybridized carbons (Fsp3) is 0.333. The Labute approximate surface area is 159 Å². The first kappa shape index (κ1) is 18.9. The maximum Gasteiger partial charge on any atom is 0.251 e. The summed E-state index contributed by atoms with van der Waals surface area (Å²) in [7, 11) is 1.55. The van der Waals surface area contributed by atoms with E-state index in [1.165, 1.54) is 11.1 Å². The quantitative estimate of drug-likeness (QED) is 0.789. The number of benzene rings is 2. The van der Waals surface area contributed by atoms with Crippen molar-refractivity contribution >= 4 is 17.5 Å². The molecule has 0 aliphatic carbocycles. The second-order valence-corrected chi connectivity index (χ2v) is 6.62. The number of carbonyl (C=O) groups excluding carboxylic acids is 2. The Morgan fingerprint density at radius 1 is 1.15 bits per heavy atom. The SMILES string of the molecule is CCCN1Cc2cccc(NC(=O)CNC(=O)c3cccc(OC)c3)c2C1. The van der Waals surface area contributed by atoms with Gasteiger partial charge in [-0.15, -0.1) is 0 Å². The molecule has 1 aliphatic heterocycles. The van der Waals surface area contributed by atoms with E-state index < -0.39 is 0 Å². The topological polar surface area (TPSA) is 70.7 Å². The van der Waals surface area contributed by atoms with E-state index in [9.17, 15) is 9.59 Å². The average molecular weight is 367 g/mol. The molecule has 0 bridgehead atoms. The number of hydrogen-bond acceptors (Lipinski definition) is 4. The van der Waals surface area contributed by atoms with E-state index in [0.717, 1.165) is 31.7 Å². The highest BCUT2D eigenvalue weighted by molar-refractivity contribution is 5.99. The normalized spacial score (nSPS) is 13.1. The van der Waals surface area contributed by atoms with Gasteiger partial charge < -0.3 is 15.4 Å². The molecule has 0 atom stereocenters. The van der Waals surface area contributed by atoms with Crippen molar-refractivity contribution in [2.75, 3.05) is 25.5 Å². The molecule has 0 aromatic heterocycles. The van der Waals surface area contributed by atoms with Gasteiger partial charge in [-0.1, -0.05) is 25.1 Å². The maximum absolute atomic E-state index is 12.3. The van der Waals surface area contributed by atoms with E-state index >= 15 is 0 Å². The number of nitrogens with zero attached hydrogens (tertiary/aromatic N) is 1. The smallest absolute Gasteiger partial charge is 0.251 e. The van der Waals surface area contributed by atoms with Gasteiger partial charge in [-0.3, -0.25) is 14.5 Å². The molecule has 2 aromatic carbocycles. The molecule has 0 saturated carbocycles. The lowest BCUT2D eigenvalue weighted by molar-refractivity contribution is -0.115. The first-order valence-electron chi connectivity index (χ1n) is 9.16. The molecule has 2 N–H and O–H groups in total. The minimum absolute atomic E-state index is 0.0849. The van der Waals surface area contributed by atoms with Gasteiger partial charge in [-0.2, -0.15) is 0 Å². The monoisotopic (exact) mass is 367 g/mol. The third-order valence-corrected chi connectivity index (χ3v) is 4.60. The lowest BCUT2D eigenvalue weighted by Gasteiger charge is -2.13. The Morgan fingerprint density at radius 3 is 2.74 bits per heavy atom. The van der Waals surface area contributed by atoms with Crippen LogP contribution in [0.4, 0.5) is 5.69 Å². The summed E-state index contributed by atoms with van der Waals surface area (Å²) in [5.41, 5.74) is 3.70. The van der Waals surface area contributed by atoms with Gasteiger partial charge in [-0.05, 0) is 48.4 Å². The number of ether oxygens (including phenoxy) is 1. The molecule has 6 nitrogen and oxygen atoms in total. The molecule has 0 fully saturated rings. The van der Waals surface area contributed by atoms with Gasteiger partial charge in [0.15, 0.2) is 0 Å². The summed E-state index contributed by atoms with van der Waals surface area (Å²) in [4.78, 5) is 26.9. The standard InChI is InChI=1S/C21H25N3O3/c1-3-10-24-13-16-7-5-9-19(18(16)14-24)23-20(25)12-22-21(26)15-6-4-8-17(11-15)27-2/h4-9,11H,3,10,12-14H2,1-2H3,(H,22,26)(H,23,25). The van der Waals surface area contributed by atoms with Crippen LogP contribution < -0.4 is 15.4 Å². The van der Waals surface area contributed by atoms with Gasteiger partial charge in [0.1, 0.15) is 5.75 Å². The van der Waals surface area contributed by atoms with Gasteiger partial charge in [-0.25, -0.2) is 0 Å². The van der Waals surface area contributed by atoms with E-state index in [-0.39, 0.29) is 18.4 Å². The first-order valence-corrected chi connectivity index (χ1v) is 9.16. The molecule has 0 unspecified atom stereocenters. The minimum Gasteiger partial charge on any atom is -0.497 e. The summed E-state index contributed by atoms with van der Waals surface area (Å²) in [5.74, 6) is 0.0497. The van der Waals surface area contributed by atoms with Crippen molar-refractivity contribution in [3.63, 3.8) is 0 Å². The summed E-state index contributed by atoms with van der Waals surface area (Å²) < 4.78 is 5.11. The Kier molecular flexibility index (Phi) is 6.08. The number of amides is 2. The molecule has 0 spiro atoms. The summed E-state index contributed by atoms with van der Waals surface area (Å²) in [6, 6.07) is 12.8. The van der Waals surface area contributed by atoms with E-state index in [4.69, 9.17) is 4.74 Å². The van der Waals surface area contributed by atoms with Crippen molar-refractivity contribution in [2.45, 2.75) is 26.4 Å². The van der Waals surface area contributed by atoms with Crippen LogP contribution in [0.3, 0.4) is 0 Å². The molecule has 3 rings (SSSR count). The minimum atomic E-state index is -0.309. The molecule has 2 amide bonds. The highest BCUT2D eigenvalue weighted by Crippen LogP contribution is 2.29. The third kappa shape index (κ3) is 4.65. The van der Waals surface area contributed by atoms with Gasteiger partial charge >= 0.3 is 0 Å². The van der Waals surface area contributed by atoms with E-state index in [0.29, 0.717) is 11.3 Å². The molecule has 1 aliphatic rings. The molecule has 27 heavy (non-hydrogen) atoms.